The summed E-state index contributed by atoms with van der Waals surface area (Å²) >= 11 is 0. The predicted octanol–water partition coefficient (Wildman–Crippen LogP) is 11.0. The minimum atomic E-state index is -4.24. The lowest BCUT2D eigenvalue weighted by Gasteiger charge is -2.12. The lowest BCUT2D eigenvalue weighted by Crippen LogP contribution is -2.01. The molecule has 1 N–H and O–H groups in total. The maximum atomic E-state index is 12.0. The largest absolute Gasteiger partial charge is 0.295 e. The fourth-order valence-corrected chi connectivity index (χ4v) is 6.34. The van der Waals surface area contributed by atoms with E-state index < -0.39 is 10.1 Å². The van der Waals surface area contributed by atoms with Gasteiger partial charge in [-0.3, -0.25) is 4.55 Å². The Morgan fingerprint density at radius 1 is 0.526 bits per heavy atom. The van der Waals surface area contributed by atoms with Gasteiger partial charge in [0.1, 0.15) is 4.90 Å². The van der Waals surface area contributed by atoms with Crippen molar-refractivity contribution >= 4 is 20.9 Å². The van der Waals surface area contributed by atoms with Gasteiger partial charge in [0.25, 0.3) is 10.1 Å². The molecule has 0 aliphatic carbocycles. The molecule has 0 saturated heterocycles. The zero-order valence-electron chi connectivity index (χ0n) is 24.6. The Kier molecular flexibility index (Phi) is 17.0. The smallest absolute Gasteiger partial charge is 0.282 e. The molecule has 0 bridgehead atoms. The molecule has 2 aromatic carbocycles. The molecule has 216 valence electrons. The van der Waals surface area contributed by atoms with Gasteiger partial charge in [0.15, 0.2) is 0 Å². The third-order valence-corrected chi connectivity index (χ3v) is 8.94. The van der Waals surface area contributed by atoms with Gasteiger partial charge in [-0.15, -0.1) is 0 Å². The molecular weight excluding hydrogens is 488 g/mol. The molecule has 0 heterocycles. The molecule has 2 aromatic rings. The van der Waals surface area contributed by atoms with Crippen LogP contribution in [0.25, 0.3) is 10.8 Å². The first-order chi connectivity index (χ1) is 18.5. The summed E-state index contributed by atoms with van der Waals surface area (Å²) in [6.07, 6.45) is 28.3. The lowest BCUT2D eigenvalue weighted by atomic mass is 9.95. The van der Waals surface area contributed by atoms with Crippen molar-refractivity contribution in [2.24, 2.45) is 0 Å². The second-order valence-electron chi connectivity index (χ2n) is 11.4. The zero-order chi connectivity index (χ0) is 27.5. The highest BCUT2D eigenvalue weighted by Gasteiger charge is 2.16. The van der Waals surface area contributed by atoms with E-state index in [0.29, 0.717) is 5.39 Å². The minimum absolute atomic E-state index is 0.0322. The van der Waals surface area contributed by atoms with Crippen LogP contribution in [-0.4, -0.2) is 13.0 Å². The zero-order valence-corrected chi connectivity index (χ0v) is 25.4. The molecule has 2 rings (SSSR count). The molecule has 0 aliphatic heterocycles. The third-order valence-electron chi connectivity index (χ3n) is 8.03. The van der Waals surface area contributed by atoms with Gasteiger partial charge in [-0.05, 0) is 48.3 Å². The Morgan fingerprint density at radius 2 is 0.974 bits per heavy atom. The van der Waals surface area contributed by atoms with Crippen LogP contribution >= 0.6 is 0 Å². The van der Waals surface area contributed by atoms with Gasteiger partial charge in [0.2, 0.25) is 0 Å². The Labute approximate surface area is 235 Å². The Morgan fingerprint density at radius 3 is 1.45 bits per heavy atom. The molecule has 0 atom stereocenters. The number of benzene rings is 2. The van der Waals surface area contributed by atoms with Crippen molar-refractivity contribution < 1.29 is 13.0 Å². The van der Waals surface area contributed by atoms with Gasteiger partial charge in [-0.25, -0.2) is 0 Å². The van der Waals surface area contributed by atoms with Gasteiger partial charge in [-0.2, -0.15) is 8.42 Å². The van der Waals surface area contributed by atoms with E-state index in [2.05, 4.69) is 26.0 Å². The highest BCUT2D eigenvalue weighted by molar-refractivity contribution is 7.86. The van der Waals surface area contributed by atoms with E-state index in [1.54, 1.807) is 6.07 Å². The quantitative estimate of drug-likeness (QED) is 0.112. The molecule has 0 fully saturated rings. The summed E-state index contributed by atoms with van der Waals surface area (Å²) in [5.74, 6) is 0. The normalized spacial score (nSPS) is 12.0. The van der Waals surface area contributed by atoms with Crippen LogP contribution in [0.15, 0.2) is 35.2 Å². The summed E-state index contributed by atoms with van der Waals surface area (Å²) < 4.78 is 33.8. The molecule has 0 aliphatic rings. The van der Waals surface area contributed by atoms with Gasteiger partial charge in [-0.1, -0.05) is 154 Å². The topological polar surface area (TPSA) is 54.4 Å². The highest BCUT2D eigenvalue weighted by atomic mass is 32.2. The Bertz CT molecular complexity index is 996. The van der Waals surface area contributed by atoms with Crippen LogP contribution in [0.5, 0.6) is 0 Å². The van der Waals surface area contributed by atoms with Crippen LogP contribution in [0.3, 0.4) is 0 Å². The molecule has 0 amide bonds. The SMILES string of the molecule is CCCCCCCCCCCCc1ccc2c(S(=O)(=O)O)ccc(CCCCCCCCCCCC)c2c1. The average molecular weight is 545 g/mol. The first-order valence-corrected chi connectivity index (χ1v) is 17.4. The van der Waals surface area contributed by atoms with Crippen molar-refractivity contribution in [3.05, 3.63) is 41.5 Å². The average Bonchev–Trinajstić information content (AvgIpc) is 2.90. The molecule has 0 radical (unpaired) electrons. The monoisotopic (exact) mass is 544 g/mol. The molecule has 0 spiro atoms. The van der Waals surface area contributed by atoms with E-state index in [9.17, 15) is 13.0 Å². The first kappa shape index (κ1) is 32.8. The fraction of sp³-hybridized carbons (Fsp3) is 0.706. The van der Waals surface area contributed by atoms with Crippen LogP contribution in [0.2, 0.25) is 0 Å². The molecular formula is C34H56O3S. The number of unbranched alkanes of at least 4 members (excludes halogenated alkanes) is 18. The van der Waals surface area contributed by atoms with Crippen molar-refractivity contribution in [1.29, 1.82) is 0 Å². The van der Waals surface area contributed by atoms with Crippen molar-refractivity contribution in [3.8, 4) is 0 Å². The summed E-state index contributed by atoms with van der Waals surface area (Å²) in [7, 11) is -4.24. The van der Waals surface area contributed by atoms with Gasteiger partial charge >= 0.3 is 0 Å². The number of rotatable bonds is 23. The van der Waals surface area contributed by atoms with E-state index in [1.807, 2.05) is 12.1 Å². The first-order valence-electron chi connectivity index (χ1n) is 16.0. The molecule has 0 aromatic heterocycles. The number of fused-ring (bicyclic) bond motifs is 1. The molecule has 0 unspecified atom stereocenters. The standard InChI is InChI=1S/C34H56O3S/c1-3-5-7-9-11-13-15-17-19-21-23-30-25-27-32-33(29-30)31(26-28-34(32)38(35,36)37)24-22-20-18-16-14-12-10-8-6-4-2/h25-29H,3-24H2,1-2H3,(H,35,36,37). The highest BCUT2D eigenvalue weighted by Crippen LogP contribution is 2.29. The van der Waals surface area contributed by atoms with Crippen molar-refractivity contribution in [3.63, 3.8) is 0 Å². The maximum Gasteiger partial charge on any atom is 0.295 e. The van der Waals surface area contributed by atoms with Gasteiger partial charge in [0, 0.05) is 5.39 Å². The number of aryl methyl sites for hydroxylation is 2. The van der Waals surface area contributed by atoms with E-state index in [1.165, 1.54) is 133 Å². The summed E-state index contributed by atoms with van der Waals surface area (Å²) in [5.41, 5.74) is 2.48. The van der Waals surface area contributed by atoms with Crippen molar-refractivity contribution in [2.45, 2.75) is 160 Å². The second kappa shape index (κ2) is 19.6. The molecule has 4 heteroatoms. The third kappa shape index (κ3) is 13.1. The van der Waals surface area contributed by atoms with E-state index in [0.717, 1.165) is 24.6 Å². The Hall–Kier alpha value is -1.39. The van der Waals surface area contributed by atoms with Crippen LogP contribution in [0.4, 0.5) is 0 Å². The van der Waals surface area contributed by atoms with Crippen molar-refractivity contribution in [2.75, 3.05) is 0 Å². The van der Waals surface area contributed by atoms with E-state index >= 15 is 0 Å². The van der Waals surface area contributed by atoms with Crippen LogP contribution in [-0.2, 0) is 23.0 Å². The summed E-state index contributed by atoms with van der Waals surface area (Å²) in [5, 5.41) is 1.66. The van der Waals surface area contributed by atoms with Crippen molar-refractivity contribution in [1.82, 2.24) is 0 Å². The minimum Gasteiger partial charge on any atom is -0.282 e. The van der Waals surface area contributed by atoms with Crippen LogP contribution in [0, 0.1) is 0 Å². The van der Waals surface area contributed by atoms with Gasteiger partial charge < -0.3 is 0 Å². The van der Waals surface area contributed by atoms with Gasteiger partial charge in [0.05, 0.1) is 0 Å². The second-order valence-corrected chi connectivity index (χ2v) is 12.8. The molecule has 38 heavy (non-hydrogen) atoms. The predicted molar refractivity (Wildman–Crippen MR) is 165 cm³/mol. The lowest BCUT2D eigenvalue weighted by molar-refractivity contribution is 0.484. The maximum absolute atomic E-state index is 12.0. The molecule has 0 saturated carbocycles. The molecule has 3 nitrogen and oxygen atoms in total. The number of hydrogen-bond acceptors (Lipinski definition) is 2. The number of hydrogen-bond donors (Lipinski definition) is 1. The Balaban J connectivity index is 1.84. The fourth-order valence-electron chi connectivity index (χ4n) is 5.65. The summed E-state index contributed by atoms with van der Waals surface area (Å²) in [6, 6.07) is 9.65. The van der Waals surface area contributed by atoms with Crippen LogP contribution < -0.4 is 0 Å². The summed E-state index contributed by atoms with van der Waals surface area (Å²) in [6.45, 7) is 4.53. The summed E-state index contributed by atoms with van der Waals surface area (Å²) in [4.78, 5) is 0.0322. The van der Waals surface area contributed by atoms with E-state index in [-0.39, 0.29) is 4.90 Å². The van der Waals surface area contributed by atoms with E-state index in [4.69, 9.17) is 0 Å². The van der Waals surface area contributed by atoms with Crippen LogP contribution in [0.1, 0.15) is 153 Å².